The molecule has 1 aromatic heterocycles. The van der Waals surface area contributed by atoms with Gasteiger partial charge in [0.1, 0.15) is 0 Å². The van der Waals surface area contributed by atoms with E-state index in [4.69, 9.17) is 4.74 Å². The van der Waals surface area contributed by atoms with E-state index in [0.717, 1.165) is 64.6 Å². The normalized spacial score (nSPS) is 18.7. The van der Waals surface area contributed by atoms with Gasteiger partial charge in [-0.3, -0.25) is 9.69 Å². The van der Waals surface area contributed by atoms with Crippen LogP contribution >= 0.6 is 27.3 Å². The van der Waals surface area contributed by atoms with Crippen molar-refractivity contribution in [1.82, 2.24) is 9.80 Å². The average molecular weight is 450 g/mol. The highest BCUT2D eigenvalue weighted by Crippen LogP contribution is 2.24. The second kappa shape index (κ2) is 8.73. The number of halogens is 1. The van der Waals surface area contributed by atoms with Gasteiger partial charge in [0.2, 0.25) is 0 Å². The van der Waals surface area contributed by atoms with Crippen molar-refractivity contribution < 1.29 is 9.53 Å². The van der Waals surface area contributed by atoms with Crippen LogP contribution in [-0.4, -0.2) is 68.2 Å². The van der Waals surface area contributed by atoms with Crippen molar-refractivity contribution in [3.63, 3.8) is 0 Å². The van der Waals surface area contributed by atoms with Gasteiger partial charge in [-0.25, -0.2) is 0 Å². The number of ether oxygens (including phenoxy) is 1. The second-order valence-corrected chi connectivity index (χ2v) is 9.47. The predicted octanol–water partition coefficient (Wildman–Crippen LogP) is 3.31. The summed E-state index contributed by atoms with van der Waals surface area (Å²) in [5.41, 5.74) is 1.95. The minimum absolute atomic E-state index is 0.141. The Morgan fingerprint density at radius 3 is 2.30 bits per heavy atom. The van der Waals surface area contributed by atoms with Gasteiger partial charge in [-0.2, -0.15) is 0 Å². The Kier molecular flexibility index (Phi) is 6.12. The van der Waals surface area contributed by atoms with Gasteiger partial charge in [0.25, 0.3) is 5.91 Å². The number of carbonyl (C=O) groups excluding carboxylic acids is 1. The molecule has 2 aliphatic rings. The Labute approximate surface area is 172 Å². The number of nitrogens with zero attached hydrogens (tertiary/aromatic N) is 3. The zero-order valence-electron chi connectivity index (χ0n) is 15.3. The monoisotopic (exact) mass is 449 g/mol. The molecule has 0 N–H and O–H groups in total. The number of thiophene rings is 1. The molecular weight excluding hydrogens is 426 g/mol. The van der Waals surface area contributed by atoms with Gasteiger partial charge in [-0.1, -0.05) is 0 Å². The molecule has 144 valence electrons. The Balaban J connectivity index is 1.31. The highest BCUT2D eigenvalue weighted by molar-refractivity contribution is 9.11. The predicted molar refractivity (Wildman–Crippen MR) is 113 cm³/mol. The number of piperazine rings is 1. The molecule has 1 amide bonds. The molecule has 4 rings (SSSR count). The fourth-order valence-electron chi connectivity index (χ4n) is 3.59. The van der Waals surface area contributed by atoms with E-state index in [9.17, 15) is 4.79 Å². The minimum Gasteiger partial charge on any atom is -0.378 e. The molecule has 2 aromatic rings. The van der Waals surface area contributed by atoms with Crippen LogP contribution in [0.15, 0.2) is 40.2 Å². The number of benzene rings is 1. The standard InChI is InChI=1S/C20H24BrN3O2S/c21-19-6-5-18(27-19)15-22-7-9-24(10-8-22)20(25)16-1-3-17(4-2-16)23-11-13-26-14-12-23/h1-6H,7-15H2. The maximum atomic E-state index is 12.8. The summed E-state index contributed by atoms with van der Waals surface area (Å²) in [6.07, 6.45) is 0. The number of carbonyl (C=O) groups is 1. The number of anilines is 1. The lowest BCUT2D eigenvalue weighted by Crippen LogP contribution is -2.48. The summed E-state index contributed by atoms with van der Waals surface area (Å²) in [5, 5.41) is 0. The largest absolute Gasteiger partial charge is 0.378 e. The molecule has 2 fully saturated rings. The molecule has 5 nitrogen and oxygen atoms in total. The Morgan fingerprint density at radius 1 is 0.963 bits per heavy atom. The van der Waals surface area contributed by atoms with Gasteiger partial charge in [-0.15, -0.1) is 11.3 Å². The lowest BCUT2D eigenvalue weighted by atomic mass is 10.1. The van der Waals surface area contributed by atoms with Gasteiger partial charge in [0.05, 0.1) is 17.0 Å². The minimum atomic E-state index is 0.141. The summed E-state index contributed by atoms with van der Waals surface area (Å²) in [6.45, 7) is 7.76. The van der Waals surface area contributed by atoms with Crippen molar-refractivity contribution in [3.8, 4) is 0 Å². The zero-order chi connectivity index (χ0) is 18.6. The second-order valence-electron chi connectivity index (χ2n) is 6.92. The van der Waals surface area contributed by atoms with Crippen molar-refractivity contribution >= 4 is 38.9 Å². The quantitative estimate of drug-likeness (QED) is 0.717. The molecule has 0 saturated carbocycles. The maximum absolute atomic E-state index is 12.8. The first-order chi connectivity index (χ1) is 13.2. The molecule has 0 aliphatic carbocycles. The third kappa shape index (κ3) is 4.71. The molecule has 2 aliphatic heterocycles. The van der Waals surface area contributed by atoms with Gasteiger partial charge >= 0.3 is 0 Å². The van der Waals surface area contributed by atoms with Crippen molar-refractivity contribution in [2.45, 2.75) is 6.54 Å². The topological polar surface area (TPSA) is 36.0 Å². The van der Waals surface area contributed by atoms with E-state index in [0.29, 0.717) is 0 Å². The fourth-order valence-corrected chi connectivity index (χ4v) is 5.11. The van der Waals surface area contributed by atoms with Gasteiger partial charge in [0, 0.05) is 61.9 Å². The van der Waals surface area contributed by atoms with E-state index in [1.54, 1.807) is 11.3 Å². The van der Waals surface area contributed by atoms with Gasteiger partial charge < -0.3 is 14.5 Å². The summed E-state index contributed by atoms with van der Waals surface area (Å²) < 4.78 is 6.57. The van der Waals surface area contributed by atoms with E-state index < -0.39 is 0 Å². The van der Waals surface area contributed by atoms with E-state index in [2.05, 4.69) is 50.0 Å². The van der Waals surface area contributed by atoms with Crippen molar-refractivity contribution in [2.24, 2.45) is 0 Å². The van der Waals surface area contributed by atoms with Gasteiger partial charge in [-0.05, 0) is 52.3 Å². The molecule has 2 saturated heterocycles. The third-order valence-electron chi connectivity index (χ3n) is 5.16. The van der Waals surface area contributed by atoms with Crippen LogP contribution in [0, 0.1) is 0 Å². The molecule has 0 atom stereocenters. The summed E-state index contributed by atoms with van der Waals surface area (Å²) in [4.78, 5) is 20.9. The number of hydrogen-bond acceptors (Lipinski definition) is 5. The van der Waals surface area contributed by atoms with Crippen LogP contribution in [0.2, 0.25) is 0 Å². The average Bonchev–Trinajstić information content (AvgIpc) is 3.13. The lowest BCUT2D eigenvalue weighted by Gasteiger charge is -2.34. The van der Waals surface area contributed by atoms with E-state index >= 15 is 0 Å². The van der Waals surface area contributed by atoms with E-state index in [-0.39, 0.29) is 5.91 Å². The Bertz CT molecular complexity index is 766. The van der Waals surface area contributed by atoms with Crippen LogP contribution in [0.1, 0.15) is 15.2 Å². The van der Waals surface area contributed by atoms with Crippen LogP contribution in [-0.2, 0) is 11.3 Å². The molecule has 7 heteroatoms. The molecule has 1 aromatic carbocycles. The van der Waals surface area contributed by atoms with E-state index in [1.165, 1.54) is 14.4 Å². The molecule has 0 spiro atoms. The Morgan fingerprint density at radius 2 is 1.67 bits per heavy atom. The summed E-state index contributed by atoms with van der Waals surface area (Å²) in [7, 11) is 0. The van der Waals surface area contributed by atoms with Crippen molar-refractivity contribution in [3.05, 3.63) is 50.6 Å². The third-order valence-corrected chi connectivity index (χ3v) is 6.77. The molecule has 0 unspecified atom stereocenters. The first-order valence-electron chi connectivity index (χ1n) is 9.38. The van der Waals surface area contributed by atoms with E-state index in [1.807, 2.05) is 17.0 Å². The van der Waals surface area contributed by atoms with Crippen LogP contribution in [0.25, 0.3) is 0 Å². The van der Waals surface area contributed by atoms with Crippen molar-refractivity contribution in [1.29, 1.82) is 0 Å². The smallest absolute Gasteiger partial charge is 0.253 e. The summed E-state index contributed by atoms with van der Waals surface area (Å²) in [5.74, 6) is 0.141. The maximum Gasteiger partial charge on any atom is 0.253 e. The molecule has 0 radical (unpaired) electrons. The fraction of sp³-hybridized carbons (Fsp3) is 0.450. The lowest BCUT2D eigenvalue weighted by molar-refractivity contribution is 0.0629. The first kappa shape index (κ1) is 18.9. The number of rotatable bonds is 4. The summed E-state index contributed by atoms with van der Waals surface area (Å²) >= 11 is 5.30. The molecule has 0 bridgehead atoms. The Hall–Kier alpha value is -1.41. The van der Waals surface area contributed by atoms with Crippen molar-refractivity contribution in [2.75, 3.05) is 57.4 Å². The van der Waals surface area contributed by atoms with Gasteiger partial charge in [0.15, 0.2) is 0 Å². The number of amides is 1. The van der Waals surface area contributed by atoms with Crippen LogP contribution in [0.3, 0.4) is 0 Å². The highest BCUT2D eigenvalue weighted by atomic mass is 79.9. The molecule has 3 heterocycles. The number of hydrogen-bond donors (Lipinski definition) is 0. The first-order valence-corrected chi connectivity index (χ1v) is 11.0. The molecular formula is C20H24BrN3O2S. The van der Waals surface area contributed by atoms with Crippen LogP contribution in [0.5, 0.6) is 0 Å². The number of morpholine rings is 1. The highest BCUT2D eigenvalue weighted by Gasteiger charge is 2.22. The SMILES string of the molecule is O=C(c1ccc(N2CCOCC2)cc1)N1CCN(Cc2ccc(Br)s2)CC1. The van der Waals surface area contributed by atoms with Crippen LogP contribution in [0.4, 0.5) is 5.69 Å². The summed E-state index contributed by atoms with van der Waals surface area (Å²) in [6, 6.07) is 12.3. The zero-order valence-corrected chi connectivity index (χ0v) is 17.7. The van der Waals surface area contributed by atoms with Crippen LogP contribution < -0.4 is 4.90 Å². The molecule has 27 heavy (non-hydrogen) atoms.